The molecular weight excluding hydrogens is 476 g/mol. The molecule has 4 atom stereocenters. The lowest BCUT2D eigenvalue weighted by Crippen LogP contribution is -2.57. The molecule has 0 aromatic carbocycles. The van der Waals surface area contributed by atoms with Crippen molar-refractivity contribution >= 4 is 44.9 Å². The lowest BCUT2D eigenvalue weighted by molar-refractivity contribution is -0.126. The number of Topliss-reactive ketones (excluding diaryl/α,β-unsaturated/α-hetero) is 1. The SMILES string of the molecule is Cc1cc(Nc2nc(N(C)[C@@H]3C[C@H]4C[C@@H](C(=O)CN5CCOCC5)C[C@@H](C3)N4)nc3sccc23)n[nH]1. The fraction of sp³-hybridized carbons (Fsp3) is 0.600. The van der Waals surface area contributed by atoms with Crippen LogP contribution in [0.1, 0.15) is 31.4 Å². The number of anilines is 3. The summed E-state index contributed by atoms with van der Waals surface area (Å²) in [5.74, 6) is 2.80. The molecule has 3 aliphatic rings. The predicted molar refractivity (Wildman–Crippen MR) is 141 cm³/mol. The number of aryl methyl sites for hydroxylation is 1. The number of rotatable bonds is 7. The first kappa shape index (κ1) is 23.8. The third kappa shape index (κ3) is 4.97. The number of aromatic nitrogens is 4. The normalized spacial score (nSPS) is 26.7. The van der Waals surface area contributed by atoms with Gasteiger partial charge in [-0.05, 0) is 44.1 Å². The Balaban J connectivity index is 1.14. The molecule has 3 aliphatic heterocycles. The minimum absolute atomic E-state index is 0.155. The summed E-state index contributed by atoms with van der Waals surface area (Å²) in [7, 11) is 2.10. The zero-order chi connectivity index (χ0) is 24.6. The van der Waals surface area contributed by atoms with Gasteiger partial charge in [-0.15, -0.1) is 11.3 Å². The molecule has 3 aromatic rings. The second-order valence-corrected chi connectivity index (χ2v) is 11.3. The molecule has 0 radical (unpaired) electrons. The van der Waals surface area contributed by atoms with E-state index in [0.29, 0.717) is 30.5 Å². The van der Waals surface area contributed by atoms with Crippen LogP contribution in [0, 0.1) is 12.8 Å². The van der Waals surface area contributed by atoms with Gasteiger partial charge in [-0.1, -0.05) is 0 Å². The van der Waals surface area contributed by atoms with Crippen LogP contribution in [0.5, 0.6) is 0 Å². The quantitative estimate of drug-likeness (QED) is 0.442. The highest BCUT2D eigenvalue weighted by atomic mass is 32.1. The van der Waals surface area contributed by atoms with Crippen molar-refractivity contribution in [2.45, 2.75) is 50.7 Å². The second kappa shape index (κ2) is 10.0. The Morgan fingerprint density at radius 3 is 2.72 bits per heavy atom. The molecule has 36 heavy (non-hydrogen) atoms. The fourth-order valence-corrected chi connectivity index (χ4v) is 6.64. The van der Waals surface area contributed by atoms with Gasteiger partial charge in [0, 0.05) is 55.9 Å². The fourth-order valence-electron chi connectivity index (χ4n) is 5.89. The van der Waals surface area contributed by atoms with Gasteiger partial charge in [0.1, 0.15) is 16.4 Å². The molecule has 0 unspecified atom stereocenters. The van der Waals surface area contributed by atoms with Crippen LogP contribution in [0.25, 0.3) is 10.2 Å². The van der Waals surface area contributed by atoms with Gasteiger partial charge in [-0.2, -0.15) is 10.1 Å². The van der Waals surface area contributed by atoms with Gasteiger partial charge in [0.05, 0.1) is 25.1 Å². The number of hydrogen-bond acceptors (Lipinski definition) is 10. The molecule has 0 aliphatic carbocycles. The van der Waals surface area contributed by atoms with Gasteiger partial charge in [0.15, 0.2) is 5.82 Å². The van der Waals surface area contributed by atoms with Crippen LogP contribution in [0.3, 0.4) is 0 Å². The Morgan fingerprint density at radius 2 is 2.00 bits per heavy atom. The van der Waals surface area contributed by atoms with Crippen molar-refractivity contribution in [2.75, 3.05) is 50.1 Å². The highest BCUT2D eigenvalue weighted by Gasteiger charge is 2.40. The number of fused-ring (bicyclic) bond motifs is 3. The second-order valence-electron chi connectivity index (χ2n) is 10.4. The van der Waals surface area contributed by atoms with Crippen LogP contribution in [-0.4, -0.2) is 88.9 Å². The van der Waals surface area contributed by atoms with E-state index >= 15 is 0 Å². The number of nitrogens with one attached hydrogen (secondary N) is 3. The molecule has 10 nitrogen and oxygen atoms in total. The molecule has 0 saturated carbocycles. The van der Waals surface area contributed by atoms with E-state index in [4.69, 9.17) is 14.7 Å². The number of morpholine rings is 1. The number of ketones is 1. The summed E-state index contributed by atoms with van der Waals surface area (Å²) in [5, 5.41) is 17.5. The van der Waals surface area contributed by atoms with Crippen LogP contribution in [0.15, 0.2) is 17.5 Å². The molecule has 0 amide bonds. The third-order valence-corrected chi connectivity index (χ3v) is 8.60. The number of carbonyl (C=O) groups excluding carboxylic acids is 1. The summed E-state index contributed by atoms with van der Waals surface area (Å²) < 4.78 is 5.43. The van der Waals surface area contributed by atoms with Crippen molar-refractivity contribution in [3.05, 3.63) is 23.2 Å². The number of ether oxygens (including phenoxy) is 1. The molecule has 6 heterocycles. The molecular formula is C25H34N8O2S. The molecule has 3 fully saturated rings. The zero-order valence-corrected chi connectivity index (χ0v) is 21.7. The molecule has 0 spiro atoms. The van der Waals surface area contributed by atoms with Crippen LogP contribution in [0.2, 0.25) is 0 Å². The van der Waals surface area contributed by atoms with Crippen molar-refractivity contribution in [1.29, 1.82) is 0 Å². The van der Waals surface area contributed by atoms with E-state index in [9.17, 15) is 4.79 Å². The summed E-state index contributed by atoms with van der Waals surface area (Å²) in [6.45, 7) is 5.74. The Hall–Kier alpha value is -2.60. The van der Waals surface area contributed by atoms with E-state index in [1.807, 2.05) is 18.4 Å². The van der Waals surface area contributed by atoms with E-state index in [-0.39, 0.29) is 5.92 Å². The maximum Gasteiger partial charge on any atom is 0.228 e. The van der Waals surface area contributed by atoms with Crippen molar-refractivity contribution in [3.63, 3.8) is 0 Å². The number of hydrogen-bond donors (Lipinski definition) is 3. The Morgan fingerprint density at radius 1 is 1.22 bits per heavy atom. The Bertz CT molecular complexity index is 1210. The van der Waals surface area contributed by atoms with E-state index in [2.05, 4.69) is 43.7 Å². The van der Waals surface area contributed by atoms with E-state index < -0.39 is 0 Å². The number of nitrogens with zero attached hydrogens (tertiary/aromatic N) is 5. The van der Waals surface area contributed by atoms with Gasteiger partial charge in [0.2, 0.25) is 5.95 Å². The summed E-state index contributed by atoms with van der Waals surface area (Å²) in [6.07, 6.45) is 3.81. The first-order chi connectivity index (χ1) is 17.5. The maximum atomic E-state index is 13.1. The number of aromatic amines is 1. The van der Waals surface area contributed by atoms with E-state index in [0.717, 1.165) is 85.5 Å². The van der Waals surface area contributed by atoms with Crippen molar-refractivity contribution in [2.24, 2.45) is 5.92 Å². The van der Waals surface area contributed by atoms with Crippen LogP contribution in [0.4, 0.5) is 17.6 Å². The average Bonchev–Trinajstić information content (AvgIpc) is 3.52. The van der Waals surface area contributed by atoms with Gasteiger partial charge in [0.25, 0.3) is 0 Å². The molecule has 6 rings (SSSR count). The molecule has 3 N–H and O–H groups in total. The van der Waals surface area contributed by atoms with Crippen LogP contribution < -0.4 is 15.5 Å². The first-order valence-corrected chi connectivity index (χ1v) is 13.8. The van der Waals surface area contributed by atoms with Crippen molar-refractivity contribution in [1.82, 2.24) is 30.4 Å². The highest BCUT2D eigenvalue weighted by molar-refractivity contribution is 7.16. The Kier molecular flexibility index (Phi) is 6.63. The van der Waals surface area contributed by atoms with E-state index in [1.165, 1.54) is 0 Å². The van der Waals surface area contributed by atoms with Crippen molar-refractivity contribution in [3.8, 4) is 0 Å². The molecule has 11 heteroatoms. The third-order valence-electron chi connectivity index (χ3n) is 7.79. The largest absolute Gasteiger partial charge is 0.379 e. The minimum atomic E-state index is 0.155. The average molecular weight is 511 g/mol. The standard InChI is InChI=1S/C25H34N8O2S/c1-15-9-22(31-30-15)27-23-20-3-8-36-24(20)29-25(28-23)32(2)19-12-17-10-16(11-18(13-19)26-17)21(34)14-33-4-6-35-7-5-33/h3,8-9,16-19,26H,4-7,10-14H2,1-2H3,(H2,27,28,29,30,31)/t16-,17-,18+,19-. The number of piperidine rings is 2. The number of carbonyl (C=O) groups is 1. The highest BCUT2D eigenvalue weighted by Crippen LogP contribution is 2.35. The van der Waals surface area contributed by atoms with E-state index in [1.54, 1.807) is 11.3 Å². The van der Waals surface area contributed by atoms with Gasteiger partial charge in [-0.25, -0.2) is 4.98 Å². The summed E-state index contributed by atoms with van der Waals surface area (Å²) >= 11 is 1.62. The smallest absolute Gasteiger partial charge is 0.228 e. The molecule has 192 valence electrons. The lowest BCUT2D eigenvalue weighted by Gasteiger charge is -2.46. The van der Waals surface area contributed by atoms with Gasteiger partial charge in [-0.3, -0.25) is 14.8 Å². The number of thiophene rings is 1. The van der Waals surface area contributed by atoms with Crippen molar-refractivity contribution < 1.29 is 9.53 Å². The molecule has 2 bridgehead atoms. The summed E-state index contributed by atoms with van der Waals surface area (Å²) in [4.78, 5) is 28.3. The lowest BCUT2D eigenvalue weighted by atomic mass is 9.76. The summed E-state index contributed by atoms with van der Waals surface area (Å²) in [6, 6.07) is 5.04. The van der Waals surface area contributed by atoms with Crippen LogP contribution in [-0.2, 0) is 9.53 Å². The topological polar surface area (TPSA) is 111 Å². The minimum Gasteiger partial charge on any atom is -0.379 e. The molecule has 3 saturated heterocycles. The monoisotopic (exact) mass is 510 g/mol. The maximum absolute atomic E-state index is 13.1. The van der Waals surface area contributed by atoms with Gasteiger partial charge < -0.3 is 20.3 Å². The summed E-state index contributed by atoms with van der Waals surface area (Å²) in [5.41, 5.74) is 0.994. The predicted octanol–water partition coefficient (Wildman–Crippen LogP) is 2.70. The number of H-pyrrole nitrogens is 1. The van der Waals surface area contributed by atoms with Crippen LogP contribution >= 0.6 is 11.3 Å². The van der Waals surface area contributed by atoms with Gasteiger partial charge >= 0.3 is 0 Å². The molecule has 3 aromatic heterocycles. The zero-order valence-electron chi connectivity index (χ0n) is 20.9. The first-order valence-electron chi connectivity index (χ1n) is 12.9. The Labute approximate surface area is 214 Å².